The zero-order valence-electron chi connectivity index (χ0n) is 18.2. The highest BCUT2D eigenvalue weighted by Gasteiger charge is 2.29. The smallest absolute Gasteiger partial charge is 0.205 e. The Morgan fingerprint density at radius 3 is 2.27 bits per heavy atom. The van der Waals surface area contributed by atoms with Crippen LogP contribution in [0, 0.1) is 41.8 Å². The normalized spacial score (nSPS) is 18.4. The van der Waals surface area contributed by atoms with Gasteiger partial charge in [0, 0.05) is 16.9 Å². The monoisotopic (exact) mass is 448 g/mol. The molecule has 0 atom stereocenters. The van der Waals surface area contributed by atoms with Crippen molar-refractivity contribution in [1.29, 1.82) is 0 Å². The van der Waals surface area contributed by atoms with Crippen molar-refractivity contribution in [1.82, 2.24) is 0 Å². The van der Waals surface area contributed by atoms with Gasteiger partial charge in [0.05, 0.1) is 11.1 Å². The molecule has 0 saturated heterocycles. The molecule has 0 unspecified atom stereocenters. The van der Waals surface area contributed by atoms with Gasteiger partial charge in [0.25, 0.3) is 0 Å². The summed E-state index contributed by atoms with van der Waals surface area (Å²) in [4.78, 5) is 0. The summed E-state index contributed by atoms with van der Waals surface area (Å²) in [6.45, 7) is 0. The number of alkyl halides is 3. The average Bonchev–Trinajstić information content (AvgIpc) is 2.82. The number of hydrogen-bond donors (Lipinski definition) is 0. The highest BCUT2D eigenvalue weighted by Crippen LogP contribution is 2.32. The number of fused-ring (bicyclic) bond motifs is 1. The molecule has 1 fully saturated rings. The minimum atomic E-state index is -4.39. The van der Waals surface area contributed by atoms with E-state index in [0.717, 1.165) is 43.2 Å². The van der Waals surface area contributed by atoms with Crippen molar-refractivity contribution in [3.8, 4) is 24.2 Å². The van der Waals surface area contributed by atoms with E-state index < -0.39 is 17.6 Å². The van der Waals surface area contributed by atoms with Gasteiger partial charge < -0.3 is 0 Å². The summed E-state index contributed by atoms with van der Waals surface area (Å²) in [6, 6.07) is 13.8. The lowest BCUT2D eigenvalue weighted by Gasteiger charge is -2.25. The van der Waals surface area contributed by atoms with Crippen LogP contribution in [0.25, 0.3) is 10.8 Å². The van der Waals surface area contributed by atoms with Crippen LogP contribution in [0.15, 0.2) is 54.6 Å². The van der Waals surface area contributed by atoms with Crippen molar-refractivity contribution in [2.24, 2.45) is 11.8 Å². The molecule has 1 saturated carbocycles. The van der Waals surface area contributed by atoms with E-state index in [0.29, 0.717) is 22.8 Å². The molecule has 0 N–H and O–H groups in total. The molecule has 0 aromatic heterocycles. The first-order valence-corrected chi connectivity index (χ1v) is 11.2. The Hall–Kier alpha value is -3.24. The minimum Gasteiger partial charge on any atom is -0.205 e. The zero-order chi connectivity index (χ0) is 23.4. The van der Waals surface area contributed by atoms with Gasteiger partial charge >= 0.3 is 6.18 Å². The number of rotatable bonds is 3. The largest absolute Gasteiger partial charge is 0.416 e. The van der Waals surface area contributed by atoms with Gasteiger partial charge in [0.15, 0.2) is 0 Å². The van der Waals surface area contributed by atoms with Crippen molar-refractivity contribution in [3.05, 3.63) is 82.7 Å². The van der Waals surface area contributed by atoms with Gasteiger partial charge in [-0.1, -0.05) is 36.1 Å². The van der Waals surface area contributed by atoms with E-state index in [4.69, 9.17) is 6.42 Å². The van der Waals surface area contributed by atoms with Crippen LogP contribution in [0.5, 0.6) is 0 Å². The predicted octanol–water partition coefficient (Wildman–Crippen LogP) is 7.77. The fourth-order valence-electron chi connectivity index (χ4n) is 4.46. The van der Waals surface area contributed by atoms with Crippen LogP contribution in [0.1, 0.15) is 54.4 Å². The third kappa shape index (κ3) is 5.58. The van der Waals surface area contributed by atoms with Crippen LogP contribution >= 0.6 is 0 Å². The van der Waals surface area contributed by atoms with E-state index in [1.807, 2.05) is 18.2 Å². The van der Waals surface area contributed by atoms with Crippen molar-refractivity contribution in [2.75, 3.05) is 0 Å². The topological polar surface area (TPSA) is 0 Å². The predicted molar refractivity (Wildman–Crippen MR) is 124 cm³/mol. The molecule has 0 nitrogen and oxygen atoms in total. The van der Waals surface area contributed by atoms with Gasteiger partial charge in [0.2, 0.25) is 0 Å². The summed E-state index contributed by atoms with van der Waals surface area (Å²) in [5, 5.41) is 1.31. The summed E-state index contributed by atoms with van der Waals surface area (Å²) < 4.78 is 53.0. The summed E-state index contributed by atoms with van der Waals surface area (Å²) in [7, 11) is 0. The second kappa shape index (κ2) is 9.72. The molecular weight excluding hydrogens is 424 g/mol. The SMILES string of the molecule is C#CC1CCC(CCc2ccc3c(F)c(C#Cc4ccc(C(F)(F)F)cc4)ccc3c2)CC1. The fourth-order valence-corrected chi connectivity index (χ4v) is 4.46. The van der Waals surface area contributed by atoms with E-state index in [1.165, 1.54) is 30.5 Å². The van der Waals surface area contributed by atoms with Gasteiger partial charge in [0.1, 0.15) is 5.82 Å². The Labute approximate surface area is 192 Å². The fraction of sp³-hybridized carbons (Fsp3) is 0.310. The maximum absolute atomic E-state index is 15.0. The van der Waals surface area contributed by atoms with Crippen LogP contribution in [-0.4, -0.2) is 0 Å². The highest BCUT2D eigenvalue weighted by molar-refractivity contribution is 5.85. The molecule has 1 aliphatic carbocycles. The molecule has 3 aromatic rings. The summed E-state index contributed by atoms with van der Waals surface area (Å²) in [6.07, 6.45) is 7.79. The summed E-state index contributed by atoms with van der Waals surface area (Å²) in [5.41, 5.74) is 1.07. The molecule has 3 aromatic carbocycles. The van der Waals surface area contributed by atoms with Gasteiger partial charge in [-0.3, -0.25) is 0 Å². The summed E-state index contributed by atoms with van der Waals surface area (Å²) >= 11 is 0. The number of aryl methyl sites for hydroxylation is 1. The number of terminal acetylenes is 1. The lowest BCUT2D eigenvalue weighted by molar-refractivity contribution is -0.137. The number of benzene rings is 3. The van der Waals surface area contributed by atoms with E-state index >= 15 is 4.39 Å². The molecule has 4 heteroatoms. The second-order valence-electron chi connectivity index (χ2n) is 8.73. The Bertz CT molecular complexity index is 1230. The molecule has 1 aliphatic rings. The van der Waals surface area contributed by atoms with Crippen molar-refractivity contribution in [2.45, 2.75) is 44.7 Å². The Morgan fingerprint density at radius 2 is 1.61 bits per heavy atom. The molecule has 0 bridgehead atoms. The van der Waals surface area contributed by atoms with Gasteiger partial charge in [-0.25, -0.2) is 4.39 Å². The number of hydrogen-bond acceptors (Lipinski definition) is 0. The average molecular weight is 449 g/mol. The van der Waals surface area contributed by atoms with Gasteiger partial charge in [-0.15, -0.1) is 12.3 Å². The van der Waals surface area contributed by atoms with Crippen LogP contribution in [0.2, 0.25) is 0 Å². The molecule has 0 spiro atoms. The summed E-state index contributed by atoms with van der Waals surface area (Å²) in [5.74, 6) is 9.09. The van der Waals surface area contributed by atoms with Crippen LogP contribution < -0.4 is 0 Å². The third-order valence-electron chi connectivity index (χ3n) is 6.50. The maximum Gasteiger partial charge on any atom is 0.416 e. The van der Waals surface area contributed by atoms with E-state index in [9.17, 15) is 13.2 Å². The molecule has 33 heavy (non-hydrogen) atoms. The van der Waals surface area contributed by atoms with Crippen molar-refractivity contribution >= 4 is 10.8 Å². The standard InChI is InChI=1S/C29H24F4/c1-2-20-3-5-21(6-4-20)7-8-23-12-18-27-25(19-23)15-14-24(28(27)30)13-9-22-10-16-26(17-11-22)29(31,32)33/h1,10-12,14-21H,3-8H2. The van der Waals surface area contributed by atoms with Crippen molar-refractivity contribution < 1.29 is 17.6 Å². The molecular formula is C29H24F4. The molecule has 4 rings (SSSR count). The van der Waals surface area contributed by atoms with E-state index in [-0.39, 0.29) is 5.56 Å². The van der Waals surface area contributed by atoms with E-state index in [2.05, 4.69) is 17.8 Å². The second-order valence-corrected chi connectivity index (χ2v) is 8.73. The molecule has 0 aliphatic heterocycles. The maximum atomic E-state index is 15.0. The molecule has 0 radical (unpaired) electrons. The minimum absolute atomic E-state index is 0.223. The van der Waals surface area contributed by atoms with Crippen LogP contribution in [0.3, 0.4) is 0 Å². The first kappa shape index (κ1) is 22.9. The first-order chi connectivity index (χ1) is 15.8. The van der Waals surface area contributed by atoms with Crippen molar-refractivity contribution in [3.63, 3.8) is 0 Å². The molecule has 168 valence electrons. The first-order valence-electron chi connectivity index (χ1n) is 11.2. The Balaban J connectivity index is 1.45. The third-order valence-corrected chi connectivity index (χ3v) is 6.50. The lowest BCUT2D eigenvalue weighted by Crippen LogP contribution is -2.13. The highest BCUT2D eigenvalue weighted by atomic mass is 19.4. The lowest BCUT2D eigenvalue weighted by atomic mass is 9.80. The Kier molecular flexibility index (Phi) is 6.75. The Morgan fingerprint density at radius 1 is 0.879 bits per heavy atom. The van der Waals surface area contributed by atoms with E-state index in [1.54, 1.807) is 12.1 Å². The molecule has 0 amide bonds. The molecule has 0 heterocycles. The van der Waals surface area contributed by atoms with Gasteiger partial charge in [-0.05, 0) is 85.7 Å². The zero-order valence-corrected chi connectivity index (χ0v) is 18.2. The van der Waals surface area contributed by atoms with Crippen LogP contribution in [-0.2, 0) is 12.6 Å². The van der Waals surface area contributed by atoms with Crippen LogP contribution in [0.4, 0.5) is 17.6 Å². The quantitative estimate of drug-likeness (QED) is 0.284. The van der Waals surface area contributed by atoms with Gasteiger partial charge in [-0.2, -0.15) is 13.2 Å². The number of halogens is 4.